The van der Waals surface area contributed by atoms with E-state index >= 15 is 0 Å². The number of benzene rings is 1. The zero-order chi connectivity index (χ0) is 17.0. The van der Waals surface area contributed by atoms with Gasteiger partial charge < -0.3 is 9.64 Å². The SMILES string of the molecule is CCCc1ccc(N(C)c2nc(OC)ncc2C(F)(F)F)cc1. The van der Waals surface area contributed by atoms with Gasteiger partial charge in [-0.1, -0.05) is 25.5 Å². The van der Waals surface area contributed by atoms with Crippen molar-refractivity contribution in [3.63, 3.8) is 0 Å². The van der Waals surface area contributed by atoms with Crippen LogP contribution in [0.1, 0.15) is 24.5 Å². The summed E-state index contributed by atoms with van der Waals surface area (Å²) in [5, 5.41) is 0. The molecule has 4 nitrogen and oxygen atoms in total. The third-order valence-electron chi connectivity index (χ3n) is 3.41. The predicted octanol–water partition coefficient (Wildman–Crippen LogP) is 4.22. The summed E-state index contributed by atoms with van der Waals surface area (Å²) in [6.45, 7) is 2.07. The number of ether oxygens (including phenoxy) is 1. The van der Waals surface area contributed by atoms with Crippen molar-refractivity contribution in [2.45, 2.75) is 25.9 Å². The van der Waals surface area contributed by atoms with Crippen molar-refractivity contribution in [1.29, 1.82) is 0 Å². The van der Waals surface area contributed by atoms with Gasteiger partial charge in [0.15, 0.2) is 5.82 Å². The minimum Gasteiger partial charge on any atom is -0.467 e. The van der Waals surface area contributed by atoms with Crippen LogP contribution in [0.2, 0.25) is 0 Å². The van der Waals surface area contributed by atoms with Gasteiger partial charge in [-0.05, 0) is 24.1 Å². The Labute approximate surface area is 132 Å². The molecule has 0 radical (unpaired) electrons. The van der Waals surface area contributed by atoms with Crippen LogP contribution < -0.4 is 9.64 Å². The van der Waals surface area contributed by atoms with Gasteiger partial charge in [-0.25, -0.2) is 4.98 Å². The van der Waals surface area contributed by atoms with Gasteiger partial charge >= 0.3 is 12.2 Å². The van der Waals surface area contributed by atoms with E-state index in [1.54, 1.807) is 12.1 Å². The number of nitrogens with zero attached hydrogens (tertiary/aromatic N) is 3. The Morgan fingerprint density at radius 2 is 1.83 bits per heavy atom. The molecule has 2 rings (SSSR count). The normalized spacial score (nSPS) is 11.4. The van der Waals surface area contributed by atoms with E-state index in [4.69, 9.17) is 4.74 Å². The van der Waals surface area contributed by atoms with Crippen LogP contribution in [0, 0.1) is 0 Å². The lowest BCUT2D eigenvalue weighted by molar-refractivity contribution is -0.137. The third kappa shape index (κ3) is 3.91. The van der Waals surface area contributed by atoms with Crippen molar-refractivity contribution >= 4 is 11.5 Å². The molecule has 0 bridgehead atoms. The number of alkyl halides is 3. The zero-order valence-electron chi connectivity index (χ0n) is 13.2. The molecule has 0 saturated carbocycles. The fourth-order valence-electron chi connectivity index (χ4n) is 2.21. The second-order valence-electron chi connectivity index (χ2n) is 5.07. The quantitative estimate of drug-likeness (QED) is 0.825. The first-order chi connectivity index (χ1) is 10.9. The second kappa shape index (κ2) is 6.85. The summed E-state index contributed by atoms with van der Waals surface area (Å²) in [7, 11) is 2.84. The third-order valence-corrected chi connectivity index (χ3v) is 3.41. The fourth-order valence-corrected chi connectivity index (χ4v) is 2.21. The summed E-state index contributed by atoms with van der Waals surface area (Å²) in [5.41, 5.74) is 0.843. The highest BCUT2D eigenvalue weighted by Gasteiger charge is 2.36. The number of aryl methyl sites for hydroxylation is 1. The second-order valence-corrected chi connectivity index (χ2v) is 5.07. The predicted molar refractivity (Wildman–Crippen MR) is 82.1 cm³/mol. The van der Waals surface area contributed by atoms with Crippen molar-refractivity contribution in [3.8, 4) is 6.01 Å². The lowest BCUT2D eigenvalue weighted by Gasteiger charge is -2.22. The van der Waals surface area contributed by atoms with E-state index in [1.165, 1.54) is 19.1 Å². The highest BCUT2D eigenvalue weighted by atomic mass is 19.4. The average Bonchev–Trinajstić information content (AvgIpc) is 2.53. The maximum absolute atomic E-state index is 13.2. The molecule has 23 heavy (non-hydrogen) atoms. The van der Waals surface area contributed by atoms with Gasteiger partial charge in [0.1, 0.15) is 5.56 Å². The van der Waals surface area contributed by atoms with Crippen molar-refractivity contribution < 1.29 is 17.9 Å². The lowest BCUT2D eigenvalue weighted by Crippen LogP contribution is -2.19. The van der Waals surface area contributed by atoms with Crippen molar-refractivity contribution in [2.24, 2.45) is 0 Å². The Hall–Kier alpha value is -2.31. The number of hydrogen-bond acceptors (Lipinski definition) is 4. The van der Waals surface area contributed by atoms with Crippen LogP contribution in [0.3, 0.4) is 0 Å². The zero-order valence-corrected chi connectivity index (χ0v) is 13.2. The van der Waals surface area contributed by atoms with Gasteiger partial charge in [-0.2, -0.15) is 18.2 Å². The smallest absolute Gasteiger partial charge is 0.421 e. The minimum absolute atomic E-state index is 0.109. The van der Waals surface area contributed by atoms with Crippen molar-refractivity contribution in [2.75, 3.05) is 19.1 Å². The van der Waals surface area contributed by atoms with Gasteiger partial charge in [0.2, 0.25) is 0 Å². The first-order valence-electron chi connectivity index (χ1n) is 7.17. The van der Waals surface area contributed by atoms with E-state index in [9.17, 15) is 13.2 Å². The summed E-state index contributed by atoms with van der Waals surface area (Å²) in [4.78, 5) is 8.80. The number of anilines is 2. The maximum atomic E-state index is 13.2. The highest BCUT2D eigenvalue weighted by molar-refractivity contribution is 5.63. The molecule has 0 unspecified atom stereocenters. The molecule has 1 heterocycles. The van der Waals surface area contributed by atoms with Crippen LogP contribution in [0.5, 0.6) is 6.01 Å². The number of halogens is 3. The summed E-state index contributed by atoms with van der Waals surface area (Å²) in [6, 6.07) is 7.25. The Kier molecular flexibility index (Phi) is 5.08. The van der Waals surface area contributed by atoms with E-state index in [-0.39, 0.29) is 11.8 Å². The van der Waals surface area contributed by atoms with Gasteiger partial charge in [-0.3, -0.25) is 0 Å². The molecule has 0 aliphatic rings. The molecule has 1 aromatic heterocycles. The van der Waals surface area contributed by atoms with Crippen molar-refractivity contribution in [3.05, 3.63) is 41.6 Å². The van der Waals surface area contributed by atoms with E-state index in [1.807, 2.05) is 12.1 Å². The minimum atomic E-state index is -4.54. The van der Waals surface area contributed by atoms with Crippen LogP contribution in [0.15, 0.2) is 30.5 Å². The summed E-state index contributed by atoms with van der Waals surface area (Å²) < 4.78 is 44.4. The van der Waals surface area contributed by atoms with E-state index in [2.05, 4.69) is 16.9 Å². The van der Waals surface area contributed by atoms with Gasteiger partial charge in [0.05, 0.1) is 7.11 Å². The van der Waals surface area contributed by atoms with Crippen LogP contribution in [-0.4, -0.2) is 24.1 Å². The molecule has 0 saturated heterocycles. The molecular weight excluding hydrogens is 307 g/mol. The molecule has 0 atom stereocenters. The molecule has 1 aromatic carbocycles. The first-order valence-corrected chi connectivity index (χ1v) is 7.17. The summed E-state index contributed by atoms with van der Waals surface area (Å²) in [5.74, 6) is -0.243. The number of rotatable bonds is 5. The van der Waals surface area contributed by atoms with E-state index in [0.717, 1.165) is 24.6 Å². The molecule has 0 aliphatic heterocycles. The Morgan fingerprint density at radius 1 is 1.17 bits per heavy atom. The Balaban J connectivity index is 2.42. The van der Waals surface area contributed by atoms with Crippen LogP contribution >= 0.6 is 0 Å². The van der Waals surface area contributed by atoms with Crippen molar-refractivity contribution in [1.82, 2.24) is 9.97 Å². The maximum Gasteiger partial charge on any atom is 0.421 e. The lowest BCUT2D eigenvalue weighted by atomic mass is 10.1. The molecule has 0 aliphatic carbocycles. The van der Waals surface area contributed by atoms with Gasteiger partial charge in [0, 0.05) is 18.9 Å². The van der Waals surface area contributed by atoms with Gasteiger partial charge in [-0.15, -0.1) is 0 Å². The van der Waals surface area contributed by atoms with E-state index < -0.39 is 11.7 Å². The highest BCUT2D eigenvalue weighted by Crippen LogP contribution is 2.37. The van der Waals surface area contributed by atoms with Crippen LogP contribution in [0.25, 0.3) is 0 Å². The molecular formula is C16H18F3N3O. The Morgan fingerprint density at radius 3 is 2.35 bits per heavy atom. The topological polar surface area (TPSA) is 38.2 Å². The van der Waals surface area contributed by atoms with Gasteiger partial charge in [0.25, 0.3) is 0 Å². The molecule has 0 amide bonds. The number of methoxy groups -OCH3 is 1. The Bertz CT molecular complexity index is 657. The van der Waals surface area contributed by atoms with E-state index in [0.29, 0.717) is 5.69 Å². The fraction of sp³-hybridized carbons (Fsp3) is 0.375. The molecule has 0 fully saturated rings. The molecule has 2 aromatic rings. The largest absolute Gasteiger partial charge is 0.467 e. The summed E-state index contributed by atoms with van der Waals surface area (Å²) >= 11 is 0. The number of hydrogen-bond donors (Lipinski definition) is 0. The standard InChI is InChI=1S/C16H18F3N3O/c1-4-5-11-6-8-12(9-7-11)22(2)14-13(16(17,18)19)10-20-15(21-14)23-3/h6-10H,4-5H2,1-3H3. The molecule has 0 N–H and O–H groups in total. The summed E-state index contributed by atoms with van der Waals surface area (Å²) in [6.07, 6.45) is -1.86. The molecule has 124 valence electrons. The number of aromatic nitrogens is 2. The average molecular weight is 325 g/mol. The van der Waals surface area contributed by atoms with Crippen LogP contribution in [0.4, 0.5) is 24.7 Å². The van der Waals surface area contributed by atoms with Crippen LogP contribution in [-0.2, 0) is 12.6 Å². The monoisotopic (exact) mass is 325 g/mol. The first kappa shape index (κ1) is 17.1. The molecule has 7 heteroatoms. The molecule has 0 spiro atoms.